The van der Waals surface area contributed by atoms with E-state index in [0.29, 0.717) is 0 Å². The van der Waals surface area contributed by atoms with E-state index < -0.39 is 0 Å². The first kappa shape index (κ1) is 14.1. The molecule has 1 aliphatic rings. The average Bonchev–Trinajstić information content (AvgIpc) is 2.75. The summed E-state index contributed by atoms with van der Waals surface area (Å²) in [4.78, 5) is 13.5. The van der Waals surface area contributed by atoms with Gasteiger partial charge in [0.2, 0.25) is 0 Å². The largest absolute Gasteiger partial charge is 0.362 e. The third-order valence-electron chi connectivity index (χ3n) is 4.22. The number of nitrogens with zero attached hydrogens (tertiary/aromatic N) is 5. The first-order chi connectivity index (χ1) is 10.1. The van der Waals surface area contributed by atoms with Gasteiger partial charge in [-0.1, -0.05) is 0 Å². The maximum absolute atomic E-state index is 4.50. The molecule has 0 N–H and O–H groups in total. The molecule has 0 fully saturated rings. The van der Waals surface area contributed by atoms with E-state index in [1.54, 1.807) is 6.33 Å². The summed E-state index contributed by atoms with van der Waals surface area (Å²) in [7, 11) is 6.21. The van der Waals surface area contributed by atoms with Crippen molar-refractivity contribution in [1.82, 2.24) is 19.4 Å². The fourth-order valence-corrected chi connectivity index (χ4v) is 2.99. The Morgan fingerprint density at radius 3 is 2.71 bits per heavy atom. The lowest BCUT2D eigenvalue weighted by molar-refractivity contribution is 0.273. The van der Waals surface area contributed by atoms with Crippen molar-refractivity contribution in [3.05, 3.63) is 41.6 Å². The lowest BCUT2D eigenvalue weighted by Gasteiger charge is -2.20. The molecule has 0 atom stereocenters. The fourth-order valence-electron chi connectivity index (χ4n) is 2.99. The zero-order valence-electron chi connectivity index (χ0n) is 13.1. The predicted octanol–water partition coefficient (Wildman–Crippen LogP) is 1.48. The van der Waals surface area contributed by atoms with Gasteiger partial charge in [0.25, 0.3) is 0 Å². The van der Waals surface area contributed by atoms with Crippen molar-refractivity contribution >= 4 is 5.82 Å². The highest BCUT2D eigenvalue weighted by atomic mass is 15.2. The van der Waals surface area contributed by atoms with Crippen molar-refractivity contribution in [3.63, 3.8) is 0 Å². The first-order valence-electron chi connectivity index (χ1n) is 7.48. The quantitative estimate of drug-likeness (QED) is 0.856. The summed E-state index contributed by atoms with van der Waals surface area (Å²) in [6, 6.07) is 4.31. The molecule has 0 radical (unpaired) electrons. The highest BCUT2D eigenvalue weighted by Crippen LogP contribution is 2.22. The summed E-state index contributed by atoms with van der Waals surface area (Å²) in [5.74, 6) is 1.07. The van der Waals surface area contributed by atoms with Crippen molar-refractivity contribution < 1.29 is 0 Å². The van der Waals surface area contributed by atoms with Crippen molar-refractivity contribution in [2.24, 2.45) is 7.05 Å². The normalized spacial score (nSPS) is 15.6. The molecular formula is C16H23N5. The van der Waals surface area contributed by atoms with Crippen molar-refractivity contribution in [2.75, 3.05) is 32.1 Å². The van der Waals surface area contributed by atoms with Crippen LogP contribution in [-0.4, -0.2) is 46.6 Å². The molecule has 0 saturated heterocycles. The second kappa shape index (κ2) is 5.85. The number of hydrogen-bond acceptors (Lipinski definition) is 4. The van der Waals surface area contributed by atoms with E-state index in [1.165, 1.54) is 17.0 Å². The second-order valence-electron chi connectivity index (χ2n) is 5.90. The van der Waals surface area contributed by atoms with Gasteiger partial charge < -0.3 is 9.47 Å². The number of hydrogen-bond donors (Lipinski definition) is 0. The smallest absolute Gasteiger partial charge is 0.134 e. The fraction of sp³-hybridized carbons (Fsp3) is 0.500. The van der Waals surface area contributed by atoms with Crippen LogP contribution in [0.5, 0.6) is 0 Å². The summed E-state index contributed by atoms with van der Waals surface area (Å²) >= 11 is 0. The van der Waals surface area contributed by atoms with E-state index >= 15 is 0 Å². The van der Waals surface area contributed by atoms with Crippen LogP contribution in [0.2, 0.25) is 0 Å². The summed E-state index contributed by atoms with van der Waals surface area (Å²) in [6.07, 6.45) is 5.83. The summed E-state index contributed by atoms with van der Waals surface area (Å²) in [5.41, 5.74) is 3.89. The highest BCUT2D eigenvalue weighted by Gasteiger charge is 2.19. The molecule has 0 amide bonds. The lowest BCUT2D eigenvalue weighted by atomic mass is 10.1. The van der Waals surface area contributed by atoms with Crippen LogP contribution >= 0.6 is 0 Å². The van der Waals surface area contributed by atoms with Gasteiger partial charge in [0.05, 0.1) is 5.69 Å². The van der Waals surface area contributed by atoms with Crippen LogP contribution in [0.3, 0.4) is 0 Å². The van der Waals surface area contributed by atoms with Crippen LogP contribution < -0.4 is 4.90 Å². The van der Waals surface area contributed by atoms with Crippen LogP contribution in [0.15, 0.2) is 24.7 Å². The molecule has 3 heterocycles. The van der Waals surface area contributed by atoms with Gasteiger partial charge in [0, 0.05) is 64.7 Å². The molecule has 0 spiro atoms. The molecule has 2 aromatic heterocycles. The highest BCUT2D eigenvalue weighted by molar-refractivity contribution is 5.48. The standard InChI is InChI=1S/C16H23N5/c1-19(2)16-14-6-9-21(10-7-15(14)17-12-18-16)11-13-5-4-8-20(13)3/h4-5,8,12H,6-7,9-11H2,1-3H3. The van der Waals surface area contributed by atoms with Gasteiger partial charge in [-0.15, -0.1) is 0 Å². The second-order valence-corrected chi connectivity index (χ2v) is 5.90. The van der Waals surface area contributed by atoms with E-state index in [9.17, 15) is 0 Å². The molecule has 0 saturated carbocycles. The Morgan fingerprint density at radius 1 is 1.19 bits per heavy atom. The van der Waals surface area contributed by atoms with E-state index in [2.05, 4.69) is 63.8 Å². The molecule has 112 valence electrons. The van der Waals surface area contributed by atoms with Gasteiger partial charge in [-0.2, -0.15) is 0 Å². The molecule has 5 heteroatoms. The summed E-state index contributed by atoms with van der Waals surface area (Å²) < 4.78 is 2.20. The van der Waals surface area contributed by atoms with Gasteiger partial charge >= 0.3 is 0 Å². The maximum atomic E-state index is 4.50. The molecule has 0 unspecified atom stereocenters. The van der Waals surface area contributed by atoms with Crippen LogP contribution in [0.4, 0.5) is 5.82 Å². The number of fused-ring (bicyclic) bond motifs is 1. The van der Waals surface area contributed by atoms with Crippen molar-refractivity contribution in [1.29, 1.82) is 0 Å². The lowest BCUT2D eigenvalue weighted by Crippen LogP contribution is -2.27. The monoisotopic (exact) mass is 285 g/mol. The van der Waals surface area contributed by atoms with Crippen LogP contribution in [0.1, 0.15) is 17.0 Å². The molecule has 1 aliphatic heterocycles. The molecule has 21 heavy (non-hydrogen) atoms. The van der Waals surface area contributed by atoms with E-state index in [0.717, 1.165) is 38.3 Å². The van der Waals surface area contributed by atoms with Gasteiger partial charge in [0.15, 0.2) is 0 Å². The van der Waals surface area contributed by atoms with Gasteiger partial charge in [-0.3, -0.25) is 4.90 Å². The Labute approximate surface area is 126 Å². The van der Waals surface area contributed by atoms with Gasteiger partial charge in [0.1, 0.15) is 12.1 Å². The summed E-state index contributed by atoms with van der Waals surface area (Å²) in [6.45, 7) is 3.12. The molecule has 2 aromatic rings. The molecule has 0 aromatic carbocycles. The molecule has 5 nitrogen and oxygen atoms in total. The molecular weight excluding hydrogens is 262 g/mol. The third kappa shape index (κ3) is 2.93. The first-order valence-corrected chi connectivity index (χ1v) is 7.48. The van der Waals surface area contributed by atoms with E-state index in [-0.39, 0.29) is 0 Å². The van der Waals surface area contributed by atoms with E-state index in [4.69, 9.17) is 0 Å². The maximum Gasteiger partial charge on any atom is 0.134 e. The number of rotatable bonds is 3. The molecule has 0 aliphatic carbocycles. The van der Waals surface area contributed by atoms with Crippen molar-refractivity contribution in [3.8, 4) is 0 Å². The number of anilines is 1. The SMILES string of the molecule is CN(C)c1ncnc2c1CCN(Cc1cccn1C)CC2. The minimum absolute atomic E-state index is 1.00. The predicted molar refractivity (Wildman–Crippen MR) is 84.5 cm³/mol. The van der Waals surface area contributed by atoms with Crippen LogP contribution in [0.25, 0.3) is 0 Å². The average molecular weight is 285 g/mol. The third-order valence-corrected chi connectivity index (χ3v) is 4.22. The number of aromatic nitrogens is 3. The Balaban J connectivity index is 1.76. The number of aryl methyl sites for hydroxylation is 1. The van der Waals surface area contributed by atoms with Crippen LogP contribution in [0, 0.1) is 0 Å². The molecule has 3 rings (SSSR count). The topological polar surface area (TPSA) is 37.2 Å². The zero-order chi connectivity index (χ0) is 14.8. The van der Waals surface area contributed by atoms with Crippen molar-refractivity contribution in [2.45, 2.75) is 19.4 Å². The van der Waals surface area contributed by atoms with Crippen LogP contribution in [-0.2, 0) is 26.4 Å². The Morgan fingerprint density at radius 2 is 2.00 bits per heavy atom. The summed E-state index contributed by atoms with van der Waals surface area (Å²) in [5, 5.41) is 0. The Bertz CT molecular complexity index is 617. The van der Waals surface area contributed by atoms with E-state index in [1.807, 2.05) is 0 Å². The molecule has 0 bridgehead atoms. The Hall–Kier alpha value is -1.88. The zero-order valence-corrected chi connectivity index (χ0v) is 13.1. The van der Waals surface area contributed by atoms with Gasteiger partial charge in [-0.25, -0.2) is 9.97 Å². The minimum Gasteiger partial charge on any atom is -0.362 e. The van der Waals surface area contributed by atoms with Gasteiger partial charge in [-0.05, 0) is 18.6 Å². The minimum atomic E-state index is 1.00. The Kier molecular flexibility index (Phi) is 3.92.